The SMILES string of the molecule is C=C(C)[C@H](O)CC[C@]1(C)CC[C@]2(C)[C@H]3CC=C4C(C)(C)[C@@H](O)CC[C@@]4(C)[C@]3(C)CC[C@@]2(C)C1. The first-order valence-electron chi connectivity index (χ1n) is 13.8. The number of hydrogen-bond donors (Lipinski definition) is 2. The zero-order valence-corrected chi connectivity index (χ0v) is 23.0. The molecule has 2 N–H and O–H groups in total. The van der Waals surface area contributed by atoms with Gasteiger partial charge in [-0.1, -0.05) is 72.3 Å². The molecule has 0 aromatic carbocycles. The first-order valence-corrected chi connectivity index (χ1v) is 13.8. The Kier molecular flexibility index (Phi) is 5.95. The molecule has 4 aliphatic rings. The predicted molar refractivity (Wildman–Crippen MR) is 139 cm³/mol. The highest BCUT2D eigenvalue weighted by Crippen LogP contribution is 2.76. The van der Waals surface area contributed by atoms with Crippen molar-refractivity contribution >= 4 is 0 Å². The summed E-state index contributed by atoms with van der Waals surface area (Å²) < 4.78 is 0. The highest BCUT2D eigenvalue weighted by Gasteiger charge is 2.68. The van der Waals surface area contributed by atoms with Gasteiger partial charge in [0.1, 0.15) is 0 Å². The van der Waals surface area contributed by atoms with Crippen LogP contribution in [0.15, 0.2) is 23.8 Å². The molecule has 0 aliphatic heterocycles. The van der Waals surface area contributed by atoms with Crippen LogP contribution in [-0.4, -0.2) is 22.4 Å². The Labute approximate surface area is 204 Å². The van der Waals surface area contributed by atoms with Gasteiger partial charge in [-0.25, -0.2) is 0 Å². The van der Waals surface area contributed by atoms with Gasteiger partial charge in [0.05, 0.1) is 12.2 Å². The van der Waals surface area contributed by atoms with E-state index in [1.807, 2.05) is 6.92 Å². The summed E-state index contributed by atoms with van der Waals surface area (Å²) in [7, 11) is 0. The molecular formula is C31H52O2. The standard InChI is InChI=1S/C31H52O2/c1-21(2)22(32)12-14-27(5)16-18-29(7)24-11-10-23-26(3,4)25(33)13-15-30(23,8)31(24,9)19-17-28(29,6)20-27/h10,22,24-25,32-33H,1,11-20H2,2-9H3/t22-,24-,25+,27-,28+,29-,30-,31-/m1/s1. The van der Waals surface area contributed by atoms with Crippen LogP contribution in [0.1, 0.15) is 120 Å². The van der Waals surface area contributed by atoms with Gasteiger partial charge < -0.3 is 10.2 Å². The van der Waals surface area contributed by atoms with Crippen LogP contribution in [0.25, 0.3) is 0 Å². The van der Waals surface area contributed by atoms with Crippen molar-refractivity contribution in [3.63, 3.8) is 0 Å². The van der Waals surface area contributed by atoms with Gasteiger partial charge in [-0.15, -0.1) is 0 Å². The van der Waals surface area contributed by atoms with Gasteiger partial charge in [0, 0.05) is 5.41 Å². The van der Waals surface area contributed by atoms with Crippen molar-refractivity contribution in [3.05, 3.63) is 23.8 Å². The van der Waals surface area contributed by atoms with Crippen molar-refractivity contribution in [2.45, 2.75) is 132 Å². The van der Waals surface area contributed by atoms with Crippen molar-refractivity contribution in [2.24, 2.45) is 38.4 Å². The van der Waals surface area contributed by atoms with Crippen LogP contribution < -0.4 is 0 Å². The molecule has 0 amide bonds. The third-order valence-corrected chi connectivity index (χ3v) is 12.6. The van der Waals surface area contributed by atoms with E-state index in [4.69, 9.17) is 0 Å². The molecule has 188 valence electrons. The van der Waals surface area contributed by atoms with Crippen molar-refractivity contribution in [1.29, 1.82) is 0 Å². The molecule has 3 saturated carbocycles. The molecule has 2 nitrogen and oxygen atoms in total. The molecular weight excluding hydrogens is 404 g/mol. The summed E-state index contributed by atoms with van der Waals surface area (Å²) in [6.45, 7) is 23.4. The molecule has 4 aliphatic carbocycles. The van der Waals surface area contributed by atoms with E-state index in [1.54, 1.807) is 5.57 Å². The fraction of sp³-hybridized carbons (Fsp3) is 0.871. The number of fused-ring (bicyclic) bond motifs is 5. The highest BCUT2D eigenvalue weighted by atomic mass is 16.3. The molecule has 0 aromatic heterocycles. The van der Waals surface area contributed by atoms with Crippen LogP contribution in [0.4, 0.5) is 0 Å². The fourth-order valence-electron chi connectivity index (χ4n) is 9.73. The van der Waals surface area contributed by atoms with E-state index in [0.717, 1.165) is 31.3 Å². The quantitative estimate of drug-likeness (QED) is 0.423. The molecule has 8 atom stereocenters. The van der Waals surface area contributed by atoms with E-state index in [1.165, 1.54) is 38.5 Å². The molecule has 0 bridgehead atoms. The Morgan fingerprint density at radius 3 is 2.27 bits per heavy atom. The second kappa shape index (κ2) is 7.70. The monoisotopic (exact) mass is 456 g/mol. The molecule has 0 heterocycles. The second-order valence-corrected chi connectivity index (χ2v) is 14.8. The smallest absolute Gasteiger partial charge is 0.0745 e. The van der Waals surface area contributed by atoms with Gasteiger partial charge in [-0.05, 0) is 104 Å². The number of aliphatic hydroxyl groups excluding tert-OH is 2. The zero-order chi connectivity index (χ0) is 24.7. The molecule has 0 aromatic rings. The average Bonchev–Trinajstić information content (AvgIpc) is 2.72. The zero-order valence-electron chi connectivity index (χ0n) is 23.0. The van der Waals surface area contributed by atoms with Crippen LogP contribution in [0.2, 0.25) is 0 Å². The van der Waals surface area contributed by atoms with Crippen LogP contribution in [0.3, 0.4) is 0 Å². The van der Waals surface area contributed by atoms with E-state index < -0.39 is 0 Å². The molecule has 3 fully saturated rings. The summed E-state index contributed by atoms with van der Waals surface area (Å²) in [5.41, 5.74) is 3.84. The molecule has 4 rings (SSSR count). The second-order valence-electron chi connectivity index (χ2n) is 14.8. The lowest BCUT2D eigenvalue weighted by Crippen LogP contribution is -2.64. The van der Waals surface area contributed by atoms with E-state index >= 15 is 0 Å². The highest BCUT2D eigenvalue weighted by molar-refractivity contribution is 5.34. The minimum atomic E-state index is -0.357. The van der Waals surface area contributed by atoms with Gasteiger partial charge in [0.25, 0.3) is 0 Å². The summed E-state index contributed by atoms with van der Waals surface area (Å²) in [4.78, 5) is 0. The molecule has 0 unspecified atom stereocenters. The van der Waals surface area contributed by atoms with E-state index in [2.05, 4.69) is 61.1 Å². The van der Waals surface area contributed by atoms with Crippen LogP contribution in [0.5, 0.6) is 0 Å². The number of aliphatic hydroxyl groups is 2. The minimum Gasteiger partial charge on any atom is -0.392 e. The van der Waals surface area contributed by atoms with Gasteiger partial charge >= 0.3 is 0 Å². The lowest BCUT2D eigenvalue weighted by atomic mass is 9.32. The largest absolute Gasteiger partial charge is 0.392 e. The molecule has 0 radical (unpaired) electrons. The van der Waals surface area contributed by atoms with E-state index in [9.17, 15) is 10.2 Å². The minimum absolute atomic E-state index is 0.113. The maximum atomic E-state index is 10.9. The van der Waals surface area contributed by atoms with Gasteiger partial charge in [-0.3, -0.25) is 0 Å². The van der Waals surface area contributed by atoms with Crippen molar-refractivity contribution in [1.82, 2.24) is 0 Å². The van der Waals surface area contributed by atoms with Crippen LogP contribution in [0, 0.1) is 38.4 Å². The Morgan fingerprint density at radius 2 is 1.64 bits per heavy atom. The lowest BCUT2D eigenvalue weighted by Gasteiger charge is -2.72. The number of allylic oxidation sites excluding steroid dienone is 1. The predicted octanol–water partition coefficient (Wildman–Crippen LogP) is 7.84. The summed E-state index contributed by atoms with van der Waals surface area (Å²) in [6, 6.07) is 0. The van der Waals surface area contributed by atoms with Crippen molar-refractivity contribution in [3.8, 4) is 0 Å². The van der Waals surface area contributed by atoms with Gasteiger partial charge in [0.2, 0.25) is 0 Å². The van der Waals surface area contributed by atoms with Crippen molar-refractivity contribution < 1.29 is 10.2 Å². The normalized spacial score (nSPS) is 49.8. The Morgan fingerprint density at radius 1 is 1.00 bits per heavy atom. The van der Waals surface area contributed by atoms with E-state index in [-0.39, 0.29) is 23.0 Å². The molecule has 33 heavy (non-hydrogen) atoms. The summed E-state index contributed by atoms with van der Waals surface area (Å²) in [6.07, 6.45) is 13.6. The van der Waals surface area contributed by atoms with E-state index in [0.29, 0.717) is 27.6 Å². The van der Waals surface area contributed by atoms with Crippen LogP contribution >= 0.6 is 0 Å². The number of rotatable bonds is 4. The van der Waals surface area contributed by atoms with Gasteiger partial charge in [0.15, 0.2) is 0 Å². The van der Waals surface area contributed by atoms with Crippen LogP contribution in [-0.2, 0) is 0 Å². The first kappa shape index (κ1) is 25.5. The summed E-state index contributed by atoms with van der Waals surface area (Å²) in [5.74, 6) is 0.703. The van der Waals surface area contributed by atoms with Gasteiger partial charge in [-0.2, -0.15) is 0 Å². The summed E-state index contributed by atoms with van der Waals surface area (Å²) in [5, 5.41) is 21.2. The average molecular weight is 457 g/mol. The molecule has 0 saturated heterocycles. The third kappa shape index (κ3) is 3.47. The van der Waals surface area contributed by atoms with Crippen molar-refractivity contribution in [2.75, 3.05) is 0 Å². The lowest BCUT2D eigenvalue weighted by molar-refractivity contribution is -0.204. The Balaban J connectivity index is 1.65. The summed E-state index contributed by atoms with van der Waals surface area (Å²) >= 11 is 0. The maximum Gasteiger partial charge on any atom is 0.0745 e. The Bertz CT molecular complexity index is 840. The fourth-order valence-corrected chi connectivity index (χ4v) is 9.73. The third-order valence-electron chi connectivity index (χ3n) is 12.6. The Hall–Kier alpha value is -0.600. The first-order chi connectivity index (χ1) is 15.0. The molecule has 2 heteroatoms. The molecule has 0 spiro atoms. The topological polar surface area (TPSA) is 40.5 Å². The number of hydrogen-bond acceptors (Lipinski definition) is 2. The maximum absolute atomic E-state index is 10.9.